The van der Waals surface area contributed by atoms with Crippen LogP contribution in [0.1, 0.15) is 12.5 Å². The fraction of sp³-hybridized carbons (Fsp3) is 0.222. The zero-order valence-corrected chi connectivity index (χ0v) is 14.2. The molecule has 2 rings (SSSR count). The van der Waals surface area contributed by atoms with Crippen molar-refractivity contribution in [2.75, 3.05) is 11.9 Å². The lowest BCUT2D eigenvalue weighted by molar-refractivity contribution is -0.153. The second-order valence-corrected chi connectivity index (χ2v) is 5.60. The van der Waals surface area contributed by atoms with Crippen molar-refractivity contribution >= 4 is 29.2 Å². The van der Waals surface area contributed by atoms with E-state index in [0.29, 0.717) is 16.5 Å². The summed E-state index contributed by atoms with van der Waals surface area (Å²) in [5.74, 6) is -0.508. The van der Waals surface area contributed by atoms with Crippen molar-refractivity contribution in [2.24, 2.45) is 0 Å². The smallest absolute Gasteiger partial charge is 0.347 e. The highest BCUT2D eigenvalue weighted by Gasteiger charge is 2.17. The highest BCUT2D eigenvalue weighted by Crippen LogP contribution is 2.19. The van der Waals surface area contributed by atoms with Crippen LogP contribution in [0.3, 0.4) is 0 Å². The van der Waals surface area contributed by atoms with Crippen molar-refractivity contribution in [2.45, 2.75) is 20.0 Å². The van der Waals surface area contributed by atoms with Gasteiger partial charge in [-0.25, -0.2) is 4.79 Å². The molecule has 0 aromatic heterocycles. The highest BCUT2D eigenvalue weighted by molar-refractivity contribution is 6.31. The number of aryl methyl sites for hydroxylation is 1. The van der Waals surface area contributed by atoms with E-state index in [1.54, 1.807) is 49.4 Å². The van der Waals surface area contributed by atoms with Gasteiger partial charge in [0.25, 0.3) is 5.91 Å². The maximum absolute atomic E-state index is 11.9. The summed E-state index contributed by atoms with van der Waals surface area (Å²) in [6.45, 7) is 3.03. The third kappa shape index (κ3) is 5.28. The fourth-order valence-corrected chi connectivity index (χ4v) is 2.05. The molecule has 1 atom stereocenters. The van der Waals surface area contributed by atoms with Gasteiger partial charge in [-0.2, -0.15) is 0 Å². The van der Waals surface area contributed by atoms with Gasteiger partial charge in [0.2, 0.25) is 0 Å². The lowest BCUT2D eigenvalue weighted by Crippen LogP contribution is -2.29. The number of para-hydroxylation sites is 1. The summed E-state index contributed by atoms with van der Waals surface area (Å²) in [5, 5.41) is 3.16. The number of carbonyl (C=O) groups excluding carboxylic acids is 2. The van der Waals surface area contributed by atoms with Crippen molar-refractivity contribution < 1.29 is 19.1 Å². The molecular formula is C18H18ClNO4. The third-order valence-corrected chi connectivity index (χ3v) is 3.60. The molecule has 1 N–H and O–H groups in total. The van der Waals surface area contributed by atoms with E-state index in [4.69, 9.17) is 21.1 Å². The summed E-state index contributed by atoms with van der Waals surface area (Å²) in [6.07, 6.45) is -0.811. The molecule has 0 saturated heterocycles. The number of carbonyl (C=O) groups is 2. The maximum Gasteiger partial charge on any atom is 0.347 e. The minimum absolute atomic E-state index is 0.396. The second kappa shape index (κ2) is 8.36. The fourth-order valence-electron chi connectivity index (χ4n) is 1.87. The Bertz CT molecular complexity index is 718. The van der Waals surface area contributed by atoms with E-state index in [2.05, 4.69) is 5.32 Å². The van der Waals surface area contributed by atoms with Crippen molar-refractivity contribution in [3.63, 3.8) is 0 Å². The molecule has 0 aliphatic carbocycles. The molecule has 2 aromatic rings. The number of halogens is 1. The van der Waals surface area contributed by atoms with Gasteiger partial charge in [-0.05, 0) is 43.7 Å². The van der Waals surface area contributed by atoms with E-state index >= 15 is 0 Å². The van der Waals surface area contributed by atoms with Gasteiger partial charge in [-0.3, -0.25) is 4.79 Å². The van der Waals surface area contributed by atoms with Gasteiger partial charge >= 0.3 is 5.97 Å². The standard InChI is InChI=1S/C18H18ClNO4/c1-12-8-9-14(10-16(12)19)20-17(21)11-23-18(22)13(2)24-15-6-4-3-5-7-15/h3-10,13H,11H2,1-2H3,(H,20,21)/t13-/m0/s1. The van der Waals surface area contributed by atoms with Crippen LogP contribution in [0.25, 0.3) is 0 Å². The first kappa shape index (κ1) is 17.8. The molecule has 0 fully saturated rings. The molecule has 1 amide bonds. The van der Waals surface area contributed by atoms with Crippen LogP contribution >= 0.6 is 11.6 Å². The molecule has 2 aromatic carbocycles. The van der Waals surface area contributed by atoms with Crippen molar-refractivity contribution in [3.05, 3.63) is 59.1 Å². The Balaban J connectivity index is 1.80. The summed E-state index contributed by atoms with van der Waals surface area (Å²) in [6, 6.07) is 14.1. The number of nitrogens with one attached hydrogen (secondary N) is 1. The Morgan fingerprint density at radius 1 is 1.17 bits per heavy atom. The molecule has 6 heteroatoms. The van der Waals surface area contributed by atoms with Crippen molar-refractivity contribution in [1.29, 1.82) is 0 Å². The van der Waals surface area contributed by atoms with Gasteiger partial charge in [-0.15, -0.1) is 0 Å². The quantitative estimate of drug-likeness (QED) is 0.811. The number of amides is 1. The Morgan fingerprint density at radius 2 is 1.88 bits per heavy atom. The van der Waals surface area contributed by atoms with Crippen LogP contribution in [-0.2, 0) is 14.3 Å². The molecule has 5 nitrogen and oxygen atoms in total. The average molecular weight is 348 g/mol. The normalized spacial score (nSPS) is 11.5. The van der Waals surface area contributed by atoms with Gasteiger partial charge in [0.15, 0.2) is 12.7 Å². The van der Waals surface area contributed by atoms with Crippen LogP contribution < -0.4 is 10.1 Å². The van der Waals surface area contributed by atoms with Crippen LogP contribution in [0.2, 0.25) is 5.02 Å². The molecule has 126 valence electrons. The Labute approximate surface area is 145 Å². The Morgan fingerprint density at radius 3 is 2.54 bits per heavy atom. The molecule has 0 heterocycles. The third-order valence-electron chi connectivity index (χ3n) is 3.19. The number of esters is 1. The molecule has 0 spiro atoms. The first-order valence-corrected chi connectivity index (χ1v) is 7.78. The molecule has 0 bridgehead atoms. The topological polar surface area (TPSA) is 64.6 Å². The van der Waals surface area contributed by atoms with E-state index in [0.717, 1.165) is 5.56 Å². The van der Waals surface area contributed by atoms with Gasteiger partial charge in [0, 0.05) is 10.7 Å². The van der Waals surface area contributed by atoms with Crippen molar-refractivity contribution in [3.8, 4) is 5.75 Å². The lowest BCUT2D eigenvalue weighted by atomic mass is 10.2. The van der Waals surface area contributed by atoms with Crippen molar-refractivity contribution in [1.82, 2.24) is 0 Å². The summed E-state index contributed by atoms with van der Waals surface area (Å²) in [5.41, 5.74) is 1.45. The van der Waals surface area contributed by atoms with Gasteiger partial charge < -0.3 is 14.8 Å². The number of anilines is 1. The predicted molar refractivity (Wildman–Crippen MR) is 92.3 cm³/mol. The van der Waals surface area contributed by atoms with Crippen LogP contribution in [0.5, 0.6) is 5.75 Å². The van der Waals surface area contributed by atoms with Gasteiger partial charge in [-0.1, -0.05) is 35.9 Å². The van der Waals surface area contributed by atoms with Crippen LogP contribution in [0, 0.1) is 6.92 Å². The minimum Gasteiger partial charge on any atom is -0.479 e. The summed E-state index contributed by atoms with van der Waals surface area (Å²) in [7, 11) is 0. The van der Waals surface area contributed by atoms with Crippen LogP contribution in [-0.4, -0.2) is 24.6 Å². The second-order valence-electron chi connectivity index (χ2n) is 5.19. The summed E-state index contributed by atoms with van der Waals surface area (Å²) >= 11 is 5.99. The lowest BCUT2D eigenvalue weighted by Gasteiger charge is -2.14. The SMILES string of the molecule is Cc1ccc(NC(=O)COC(=O)[C@H](C)Oc2ccccc2)cc1Cl. The zero-order chi connectivity index (χ0) is 17.5. The predicted octanol–water partition coefficient (Wildman–Crippen LogP) is 3.60. The van der Waals surface area contributed by atoms with Crippen LogP contribution in [0.4, 0.5) is 5.69 Å². The number of hydrogen-bond acceptors (Lipinski definition) is 4. The largest absolute Gasteiger partial charge is 0.479 e. The number of ether oxygens (including phenoxy) is 2. The number of hydrogen-bond donors (Lipinski definition) is 1. The number of rotatable bonds is 6. The van der Waals surface area contributed by atoms with E-state index < -0.39 is 24.6 Å². The Kier molecular flexibility index (Phi) is 6.21. The maximum atomic E-state index is 11.9. The number of benzene rings is 2. The van der Waals surface area contributed by atoms with Gasteiger partial charge in [0.1, 0.15) is 5.75 Å². The van der Waals surface area contributed by atoms with E-state index in [9.17, 15) is 9.59 Å². The van der Waals surface area contributed by atoms with E-state index in [1.165, 1.54) is 0 Å². The van der Waals surface area contributed by atoms with E-state index in [-0.39, 0.29) is 0 Å². The summed E-state index contributed by atoms with van der Waals surface area (Å²) < 4.78 is 10.4. The highest BCUT2D eigenvalue weighted by atomic mass is 35.5. The molecule has 0 aliphatic rings. The monoisotopic (exact) mass is 347 g/mol. The van der Waals surface area contributed by atoms with Gasteiger partial charge in [0.05, 0.1) is 0 Å². The minimum atomic E-state index is -0.811. The first-order valence-electron chi connectivity index (χ1n) is 7.40. The average Bonchev–Trinajstić information content (AvgIpc) is 2.57. The molecule has 0 aliphatic heterocycles. The molecule has 0 radical (unpaired) electrons. The molecule has 24 heavy (non-hydrogen) atoms. The zero-order valence-electron chi connectivity index (χ0n) is 13.4. The molecular weight excluding hydrogens is 330 g/mol. The van der Waals surface area contributed by atoms with Crippen LogP contribution in [0.15, 0.2) is 48.5 Å². The first-order chi connectivity index (χ1) is 11.5. The summed E-state index contributed by atoms with van der Waals surface area (Å²) in [4.78, 5) is 23.7. The van der Waals surface area contributed by atoms with E-state index in [1.807, 2.05) is 13.0 Å². The molecule has 0 saturated carbocycles. The molecule has 0 unspecified atom stereocenters. The Hall–Kier alpha value is -2.53.